The second-order valence-electron chi connectivity index (χ2n) is 6.03. The Kier molecular flexibility index (Phi) is 2.56. The van der Waals surface area contributed by atoms with Gasteiger partial charge in [0.25, 0.3) is 0 Å². The van der Waals surface area contributed by atoms with Crippen LogP contribution in [0.15, 0.2) is 36.4 Å². The number of hydrogen-bond acceptors (Lipinski definition) is 0. The van der Waals surface area contributed by atoms with Gasteiger partial charge in [0.1, 0.15) is 5.83 Å². The number of fused-ring (bicyclic) bond motifs is 4. The third-order valence-corrected chi connectivity index (χ3v) is 4.58. The van der Waals surface area contributed by atoms with Crippen molar-refractivity contribution in [3.63, 3.8) is 0 Å². The summed E-state index contributed by atoms with van der Waals surface area (Å²) in [5.74, 6) is 0.478. The molecule has 0 heterocycles. The van der Waals surface area contributed by atoms with Crippen LogP contribution >= 0.6 is 0 Å². The first kappa shape index (κ1) is 11.9. The largest absolute Gasteiger partial charge is 0.211 e. The molecule has 0 radical (unpaired) electrons. The molecule has 0 bridgehead atoms. The fourth-order valence-electron chi connectivity index (χ4n) is 3.63. The third kappa shape index (κ3) is 1.66. The fraction of sp³-hybridized carbons (Fsp3) is 0.263. The van der Waals surface area contributed by atoms with Gasteiger partial charge in [0.2, 0.25) is 0 Å². The summed E-state index contributed by atoms with van der Waals surface area (Å²) < 4.78 is 14.2. The van der Waals surface area contributed by atoms with Crippen molar-refractivity contribution in [1.82, 2.24) is 0 Å². The molecule has 0 N–H and O–H groups in total. The topological polar surface area (TPSA) is 0 Å². The molecule has 0 unspecified atom stereocenters. The lowest BCUT2D eigenvalue weighted by atomic mass is 9.84. The van der Waals surface area contributed by atoms with Crippen LogP contribution in [-0.4, -0.2) is 0 Å². The molecule has 20 heavy (non-hydrogen) atoms. The Morgan fingerprint density at radius 3 is 2.60 bits per heavy atom. The van der Waals surface area contributed by atoms with E-state index in [1.807, 2.05) is 6.07 Å². The number of hydrogen-bond donors (Lipinski definition) is 0. The lowest BCUT2D eigenvalue weighted by Crippen LogP contribution is -2.24. The van der Waals surface area contributed by atoms with Crippen molar-refractivity contribution < 1.29 is 4.39 Å². The highest BCUT2D eigenvalue weighted by Gasteiger charge is 2.19. The first-order valence-corrected chi connectivity index (χ1v) is 7.33. The van der Waals surface area contributed by atoms with Gasteiger partial charge < -0.3 is 0 Å². The van der Waals surface area contributed by atoms with Crippen molar-refractivity contribution in [2.24, 2.45) is 5.92 Å². The Balaban J connectivity index is 2.20. The molecule has 0 saturated carbocycles. The van der Waals surface area contributed by atoms with Gasteiger partial charge in [-0.05, 0) is 45.5 Å². The molecule has 100 valence electrons. The van der Waals surface area contributed by atoms with Crippen LogP contribution < -0.4 is 10.4 Å². The molecule has 0 fully saturated rings. The predicted molar refractivity (Wildman–Crippen MR) is 80.0 cm³/mol. The van der Waals surface area contributed by atoms with Crippen LogP contribution in [-0.2, 0) is 12.8 Å². The molecule has 4 rings (SSSR count). The summed E-state index contributed by atoms with van der Waals surface area (Å²) in [7, 11) is 0. The molecular weight excluding hydrogens is 247 g/mol. The number of halogens is 1. The minimum atomic E-state index is 0.0698. The van der Waals surface area contributed by atoms with Crippen LogP contribution in [0.4, 0.5) is 4.39 Å². The zero-order chi connectivity index (χ0) is 13.7. The van der Waals surface area contributed by atoms with E-state index in [2.05, 4.69) is 43.3 Å². The molecule has 0 aromatic heterocycles. The first-order chi connectivity index (χ1) is 9.74. The summed E-state index contributed by atoms with van der Waals surface area (Å²) in [5, 5.41) is 4.74. The molecule has 2 aromatic carbocycles. The van der Waals surface area contributed by atoms with Gasteiger partial charge in [-0.3, -0.25) is 0 Å². The van der Waals surface area contributed by atoms with Gasteiger partial charge in [-0.25, -0.2) is 4.39 Å². The lowest BCUT2D eigenvalue weighted by molar-refractivity contribution is 0.526. The quantitative estimate of drug-likeness (QED) is 0.686. The Bertz CT molecular complexity index is 906. The zero-order valence-electron chi connectivity index (χ0n) is 11.6. The standard InChI is InChI=1S/C19H17F/c1-12-10-18-16-7-6-13-4-2-3-5-14(13)15(16)8-9-17(18)19(20)11-12/h2-6,8-9,12H,7,10-11H2,1H3/t12-/m1/s1. The number of rotatable bonds is 0. The second-order valence-corrected chi connectivity index (χ2v) is 6.03. The van der Waals surface area contributed by atoms with E-state index in [-0.39, 0.29) is 5.83 Å². The smallest absolute Gasteiger partial charge is 0.108 e. The summed E-state index contributed by atoms with van der Waals surface area (Å²) in [4.78, 5) is 0. The van der Waals surface area contributed by atoms with Crippen LogP contribution in [0, 0.1) is 16.4 Å². The van der Waals surface area contributed by atoms with E-state index in [4.69, 9.17) is 0 Å². The van der Waals surface area contributed by atoms with Gasteiger partial charge in [0.15, 0.2) is 0 Å². The van der Waals surface area contributed by atoms with Gasteiger partial charge >= 0.3 is 0 Å². The average molecular weight is 264 g/mol. The maximum atomic E-state index is 14.2. The lowest BCUT2D eigenvalue weighted by Gasteiger charge is -2.21. The summed E-state index contributed by atoms with van der Waals surface area (Å²) in [5.41, 5.74) is 2.58. The Hall–Kier alpha value is -1.89. The minimum absolute atomic E-state index is 0.0698. The van der Waals surface area contributed by atoms with Crippen molar-refractivity contribution in [2.45, 2.75) is 26.2 Å². The Morgan fingerprint density at radius 1 is 0.900 bits per heavy atom. The summed E-state index contributed by atoms with van der Waals surface area (Å²) >= 11 is 0. The van der Waals surface area contributed by atoms with E-state index in [1.165, 1.54) is 26.8 Å². The summed E-state index contributed by atoms with van der Waals surface area (Å²) in [6.45, 7) is 2.14. The van der Waals surface area contributed by atoms with E-state index in [9.17, 15) is 4.39 Å². The summed E-state index contributed by atoms with van der Waals surface area (Å²) in [6.07, 6.45) is 4.79. The molecule has 0 nitrogen and oxygen atoms in total. The van der Waals surface area contributed by atoms with Crippen molar-refractivity contribution in [3.8, 4) is 0 Å². The molecule has 0 saturated heterocycles. The van der Waals surface area contributed by atoms with Gasteiger partial charge in [0.05, 0.1) is 0 Å². The average Bonchev–Trinajstić information content (AvgIpc) is 2.46. The van der Waals surface area contributed by atoms with Gasteiger partial charge in [-0.2, -0.15) is 0 Å². The highest BCUT2D eigenvalue weighted by atomic mass is 19.1. The molecule has 2 aliphatic carbocycles. The van der Waals surface area contributed by atoms with Crippen LogP contribution in [0.25, 0.3) is 11.9 Å². The molecule has 2 aliphatic rings. The Morgan fingerprint density at radius 2 is 1.70 bits per heavy atom. The third-order valence-electron chi connectivity index (χ3n) is 4.58. The van der Waals surface area contributed by atoms with Crippen LogP contribution in [0.5, 0.6) is 0 Å². The van der Waals surface area contributed by atoms with Crippen molar-refractivity contribution in [3.05, 3.63) is 68.4 Å². The van der Waals surface area contributed by atoms with Gasteiger partial charge in [-0.1, -0.05) is 49.4 Å². The van der Waals surface area contributed by atoms with Crippen LogP contribution in [0.1, 0.15) is 24.5 Å². The van der Waals surface area contributed by atoms with E-state index in [1.54, 1.807) is 0 Å². The van der Waals surface area contributed by atoms with E-state index < -0.39 is 0 Å². The maximum absolute atomic E-state index is 14.2. The molecule has 2 aromatic rings. The van der Waals surface area contributed by atoms with Gasteiger partial charge in [-0.15, -0.1) is 0 Å². The second kappa shape index (κ2) is 4.31. The monoisotopic (exact) mass is 264 g/mol. The van der Waals surface area contributed by atoms with Gasteiger partial charge in [0, 0.05) is 11.6 Å². The highest BCUT2D eigenvalue weighted by molar-refractivity contribution is 5.50. The molecule has 1 heteroatoms. The zero-order valence-corrected chi connectivity index (χ0v) is 11.6. The fourth-order valence-corrected chi connectivity index (χ4v) is 3.63. The highest BCUT2D eigenvalue weighted by Crippen LogP contribution is 2.25. The maximum Gasteiger partial charge on any atom is 0.108 e. The van der Waals surface area contributed by atoms with E-state index in [0.29, 0.717) is 12.3 Å². The molecule has 1 atom stereocenters. The van der Waals surface area contributed by atoms with Crippen LogP contribution in [0.2, 0.25) is 0 Å². The van der Waals surface area contributed by atoms with E-state index >= 15 is 0 Å². The minimum Gasteiger partial charge on any atom is -0.211 e. The SMILES string of the molecule is C[C@H]1CC(F)=c2ccc3c(c2C1)CC=c1ccccc1=3. The predicted octanol–water partition coefficient (Wildman–Crippen LogP) is 2.97. The molecule has 0 amide bonds. The van der Waals surface area contributed by atoms with E-state index in [0.717, 1.165) is 18.1 Å². The van der Waals surface area contributed by atoms with Crippen molar-refractivity contribution in [1.29, 1.82) is 0 Å². The Labute approximate surface area is 117 Å². The molecule has 0 spiro atoms. The first-order valence-electron chi connectivity index (χ1n) is 7.33. The van der Waals surface area contributed by atoms with Crippen molar-refractivity contribution in [2.75, 3.05) is 0 Å². The normalized spacial score (nSPS) is 19.7. The summed E-state index contributed by atoms with van der Waals surface area (Å²) in [6, 6.07) is 12.6. The van der Waals surface area contributed by atoms with Crippen molar-refractivity contribution >= 4 is 11.9 Å². The van der Waals surface area contributed by atoms with Crippen LogP contribution in [0.3, 0.4) is 0 Å². The molecule has 0 aliphatic heterocycles. The molecular formula is C19H17F. The number of benzene rings is 2.